The van der Waals surface area contributed by atoms with E-state index >= 15 is 0 Å². The highest BCUT2D eigenvalue weighted by Crippen LogP contribution is 2.29. The standard InChI is InChI=1S/C10H20ClNS/c1-2-13-7-6-12-8-9-4-3-5-10(9)11/h9-10,12H,2-8H2,1H3. The lowest BCUT2D eigenvalue weighted by Gasteiger charge is -2.13. The van der Waals surface area contributed by atoms with Crippen molar-refractivity contribution in [2.75, 3.05) is 24.6 Å². The van der Waals surface area contributed by atoms with Crippen molar-refractivity contribution >= 4 is 23.4 Å². The van der Waals surface area contributed by atoms with Gasteiger partial charge in [0.1, 0.15) is 0 Å². The fourth-order valence-electron chi connectivity index (χ4n) is 1.80. The van der Waals surface area contributed by atoms with Crippen molar-refractivity contribution in [3.63, 3.8) is 0 Å². The summed E-state index contributed by atoms with van der Waals surface area (Å²) >= 11 is 8.17. The summed E-state index contributed by atoms with van der Waals surface area (Å²) in [6, 6.07) is 0. The molecule has 1 aliphatic carbocycles. The van der Waals surface area contributed by atoms with Crippen molar-refractivity contribution in [3.8, 4) is 0 Å². The quantitative estimate of drug-likeness (QED) is 0.547. The Bertz CT molecular complexity index is 132. The molecule has 0 radical (unpaired) electrons. The van der Waals surface area contributed by atoms with Crippen LogP contribution in [0, 0.1) is 5.92 Å². The first-order valence-electron chi connectivity index (χ1n) is 5.27. The van der Waals surface area contributed by atoms with Gasteiger partial charge < -0.3 is 5.32 Å². The molecule has 1 N–H and O–H groups in total. The van der Waals surface area contributed by atoms with Crippen LogP contribution in [-0.2, 0) is 0 Å². The second-order valence-electron chi connectivity index (χ2n) is 3.61. The lowest BCUT2D eigenvalue weighted by Crippen LogP contribution is -2.27. The molecule has 0 aromatic rings. The molecule has 78 valence electrons. The van der Waals surface area contributed by atoms with Crippen LogP contribution in [0.4, 0.5) is 0 Å². The van der Waals surface area contributed by atoms with Gasteiger partial charge in [0.25, 0.3) is 0 Å². The van der Waals surface area contributed by atoms with Crippen molar-refractivity contribution in [2.45, 2.75) is 31.6 Å². The van der Waals surface area contributed by atoms with Crippen molar-refractivity contribution in [3.05, 3.63) is 0 Å². The van der Waals surface area contributed by atoms with Crippen LogP contribution >= 0.6 is 23.4 Å². The van der Waals surface area contributed by atoms with Gasteiger partial charge in [0.15, 0.2) is 0 Å². The van der Waals surface area contributed by atoms with Crippen molar-refractivity contribution in [1.82, 2.24) is 5.32 Å². The Balaban J connectivity index is 1.93. The molecular weight excluding hydrogens is 202 g/mol. The van der Waals surface area contributed by atoms with E-state index in [1.807, 2.05) is 11.8 Å². The van der Waals surface area contributed by atoms with Gasteiger partial charge in [-0.3, -0.25) is 0 Å². The number of thioether (sulfide) groups is 1. The number of nitrogens with one attached hydrogen (secondary N) is 1. The van der Waals surface area contributed by atoms with Crippen LogP contribution in [-0.4, -0.2) is 30.0 Å². The minimum absolute atomic E-state index is 0.436. The summed E-state index contributed by atoms with van der Waals surface area (Å²) < 4.78 is 0. The first-order chi connectivity index (χ1) is 6.34. The zero-order valence-corrected chi connectivity index (χ0v) is 9.96. The van der Waals surface area contributed by atoms with Crippen molar-refractivity contribution in [2.24, 2.45) is 5.92 Å². The SMILES string of the molecule is CCSCCNCC1CCCC1Cl. The molecule has 0 aliphatic heterocycles. The Morgan fingerprint density at radius 1 is 1.46 bits per heavy atom. The van der Waals surface area contributed by atoms with Crippen LogP contribution in [0.15, 0.2) is 0 Å². The average Bonchev–Trinajstić information content (AvgIpc) is 2.52. The third-order valence-electron chi connectivity index (χ3n) is 2.60. The number of hydrogen-bond acceptors (Lipinski definition) is 2. The summed E-state index contributed by atoms with van der Waals surface area (Å²) in [6.45, 7) is 4.47. The Labute approximate surface area is 91.0 Å². The highest BCUT2D eigenvalue weighted by molar-refractivity contribution is 7.99. The van der Waals surface area contributed by atoms with E-state index in [2.05, 4.69) is 12.2 Å². The second-order valence-corrected chi connectivity index (χ2v) is 5.56. The maximum absolute atomic E-state index is 6.17. The molecule has 0 spiro atoms. The fraction of sp³-hybridized carbons (Fsp3) is 1.00. The minimum atomic E-state index is 0.436. The van der Waals surface area contributed by atoms with Crippen molar-refractivity contribution in [1.29, 1.82) is 0 Å². The summed E-state index contributed by atoms with van der Waals surface area (Å²) in [4.78, 5) is 0. The normalized spacial score (nSPS) is 28.2. The molecule has 2 atom stereocenters. The maximum Gasteiger partial charge on any atom is 0.0376 e. The maximum atomic E-state index is 6.17. The van der Waals surface area contributed by atoms with Crippen LogP contribution in [0.1, 0.15) is 26.2 Å². The Morgan fingerprint density at radius 2 is 2.31 bits per heavy atom. The van der Waals surface area contributed by atoms with Gasteiger partial charge in [-0.05, 0) is 31.1 Å². The van der Waals surface area contributed by atoms with Gasteiger partial charge in [-0.2, -0.15) is 11.8 Å². The Morgan fingerprint density at radius 3 is 2.92 bits per heavy atom. The monoisotopic (exact) mass is 221 g/mol. The van der Waals surface area contributed by atoms with Crippen LogP contribution in [0.2, 0.25) is 0 Å². The van der Waals surface area contributed by atoms with Gasteiger partial charge in [-0.1, -0.05) is 13.3 Å². The molecule has 0 saturated heterocycles. The summed E-state index contributed by atoms with van der Waals surface area (Å²) in [6.07, 6.45) is 3.87. The van der Waals surface area contributed by atoms with E-state index in [4.69, 9.17) is 11.6 Å². The molecular formula is C10H20ClNS. The van der Waals surface area contributed by atoms with Crippen LogP contribution in [0.5, 0.6) is 0 Å². The molecule has 2 unspecified atom stereocenters. The Hall–Kier alpha value is 0.600. The largest absolute Gasteiger partial charge is 0.316 e. The van der Waals surface area contributed by atoms with Crippen LogP contribution < -0.4 is 5.32 Å². The third kappa shape index (κ3) is 4.57. The summed E-state index contributed by atoms with van der Waals surface area (Å²) in [7, 11) is 0. The van der Waals surface area contributed by atoms with Gasteiger partial charge >= 0.3 is 0 Å². The van der Waals surface area contributed by atoms with E-state index in [0.29, 0.717) is 5.38 Å². The summed E-state index contributed by atoms with van der Waals surface area (Å²) in [5.41, 5.74) is 0. The van der Waals surface area contributed by atoms with E-state index in [1.165, 1.54) is 30.8 Å². The molecule has 0 aromatic heterocycles. The smallest absolute Gasteiger partial charge is 0.0376 e. The lowest BCUT2D eigenvalue weighted by molar-refractivity contribution is 0.504. The predicted molar refractivity (Wildman–Crippen MR) is 62.9 cm³/mol. The average molecular weight is 222 g/mol. The minimum Gasteiger partial charge on any atom is -0.316 e. The molecule has 1 nitrogen and oxygen atoms in total. The van der Waals surface area contributed by atoms with E-state index in [-0.39, 0.29) is 0 Å². The molecule has 3 heteroatoms. The zero-order chi connectivity index (χ0) is 9.52. The molecule has 13 heavy (non-hydrogen) atoms. The van der Waals surface area contributed by atoms with Gasteiger partial charge in [-0.25, -0.2) is 0 Å². The molecule has 1 saturated carbocycles. The zero-order valence-electron chi connectivity index (χ0n) is 8.39. The van der Waals surface area contributed by atoms with Crippen LogP contribution in [0.25, 0.3) is 0 Å². The van der Waals surface area contributed by atoms with Crippen molar-refractivity contribution < 1.29 is 0 Å². The highest BCUT2D eigenvalue weighted by atomic mass is 35.5. The van der Waals surface area contributed by atoms with Gasteiger partial charge in [0, 0.05) is 17.7 Å². The third-order valence-corrected chi connectivity index (χ3v) is 4.08. The van der Waals surface area contributed by atoms with Crippen LogP contribution in [0.3, 0.4) is 0 Å². The molecule has 1 fully saturated rings. The number of rotatable bonds is 6. The van der Waals surface area contributed by atoms with E-state index in [0.717, 1.165) is 19.0 Å². The van der Waals surface area contributed by atoms with Gasteiger partial charge in [-0.15, -0.1) is 11.6 Å². The number of hydrogen-bond donors (Lipinski definition) is 1. The first kappa shape index (κ1) is 11.7. The fourth-order valence-corrected chi connectivity index (χ4v) is 2.74. The molecule has 0 bridgehead atoms. The van der Waals surface area contributed by atoms with E-state index in [9.17, 15) is 0 Å². The molecule has 0 aromatic carbocycles. The molecule has 0 heterocycles. The lowest BCUT2D eigenvalue weighted by atomic mass is 10.1. The van der Waals surface area contributed by atoms with E-state index in [1.54, 1.807) is 0 Å². The molecule has 1 rings (SSSR count). The number of alkyl halides is 1. The van der Waals surface area contributed by atoms with Gasteiger partial charge in [0.05, 0.1) is 0 Å². The predicted octanol–water partition coefficient (Wildman–Crippen LogP) is 2.74. The molecule has 0 amide bonds. The second kappa shape index (κ2) is 6.97. The number of halogens is 1. The highest BCUT2D eigenvalue weighted by Gasteiger charge is 2.24. The summed E-state index contributed by atoms with van der Waals surface area (Å²) in [5.74, 6) is 3.19. The molecule has 1 aliphatic rings. The van der Waals surface area contributed by atoms with Gasteiger partial charge in [0.2, 0.25) is 0 Å². The summed E-state index contributed by atoms with van der Waals surface area (Å²) in [5, 5.41) is 3.92. The first-order valence-corrected chi connectivity index (χ1v) is 6.86. The van der Waals surface area contributed by atoms with E-state index < -0.39 is 0 Å². The Kier molecular flexibility index (Phi) is 6.26. The topological polar surface area (TPSA) is 12.0 Å².